The molecule has 2 N–H and O–H groups in total. The van der Waals surface area contributed by atoms with Gasteiger partial charge in [0, 0.05) is 19.8 Å². The fourth-order valence-electron chi connectivity index (χ4n) is 9.66. The predicted molar refractivity (Wildman–Crippen MR) is 132 cm³/mol. The van der Waals surface area contributed by atoms with Crippen LogP contribution in [-0.4, -0.2) is 11.7 Å². The van der Waals surface area contributed by atoms with Crippen LogP contribution in [-0.2, 0) is 9.53 Å². The summed E-state index contributed by atoms with van der Waals surface area (Å²) in [6.45, 7) is 14.1. The molecular weight excluding hydrogens is 394 g/mol. The average Bonchev–Trinajstić information content (AvgIpc) is 3.05. The SMILES string of the molecule is CC(=O)O[C@@]1(N)CC[C@@]2(C)[C@@H](CC[C@@H]3[C@@H]2CC[C@]2(C)[C@@H]([C@H](C)CCCC(C)C)CC[C@@H]32)C1. The van der Waals surface area contributed by atoms with E-state index in [4.69, 9.17) is 10.5 Å². The summed E-state index contributed by atoms with van der Waals surface area (Å²) in [4.78, 5) is 11.6. The molecule has 0 aromatic heterocycles. The predicted octanol–water partition coefficient (Wildman–Crippen LogP) is 7.33. The minimum Gasteiger partial charge on any atom is -0.444 e. The lowest BCUT2D eigenvalue weighted by Crippen LogP contribution is -2.59. The lowest BCUT2D eigenvalue weighted by molar-refractivity contribution is -0.181. The second-order valence-corrected chi connectivity index (χ2v) is 13.5. The Morgan fingerprint density at radius 2 is 1.66 bits per heavy atom. The first-order valence-electron chi connectivity index (χ1n) is 14.0. The van der Waals surface area contributed by atoms with E-state index in [0.29, 0.717) is 16.7 Å². The summed E-state index contributed by atoms with van der Waals surface area (Å²) in [7, 11) is 0. The van der Waals surface area contributed by atoms with Crippen molar-refractivity contribution in [1.29, 1.82) is 0 Å². The summed E-state index contributed by atoms with van der Waals surface area (Å²) in [6.07, 6.45) is 15.5. The number of carbonyl (C=O) groups is 1. The maximum atomic E-state index is 11.6. The van der Waals surface area contributed by atoms with Gasteiger partial charge in [0.2, 0.25) is 0 Å². The van der Waals surface area contributed by atoms with Crippen LogP contribution in [0.2, 0.25) is 0 Å². The summed E-state index contributed by atoms with van der Waals surface area (Å²) in [5.74, 6) is 5.70. The summed E-state index contributed by atoms with van der Waals surface area (Å²) < 4.78 is 5.62. The Balaban J connectivity index is 1.45. The normalized spacial score (nSPS) is 46.8. The van der Waals surface area contributed by atoms with Crippen LogP contribution in [0.15, 0.2) is 0 Å². The van der Waals surface area contributed by atoms with E-state index in [-0.39, 0.29) is 5.97 Å². The Hall–Kier alpha value is -0.570. The minimum atomic E-state index is -0.726. The van der Waals surface area contributed by atoms with E-state index in [1.807, 2.05) is 0 Å². The van der Waals surface area contributed by atoms with Crippen LogP contribution < -0.4 is 5.73 Å². The van der Waals surface area contributed by atoms with Crippen molar-refractivity contribution in [2.24, 2.45) is 58.0 Å². The number of hydrogen-bond donors (Lipinski definition) is 1. The van der Waals surface area contributed by atoms with Crippen molar-refractivity contribution in [3.63, 3.8) is 0 Å². The molecule has 0 aliphatic heterocycles. The molecule has 4 aliphatic carbocycles. The Morgan fingerprint density at radius 3 is 2.34 bits per heavy atom. The van der Waals surface area contributed by atoms with E-state index in [1.165, 1.54) is 64.7 Å². The van der Waals surface area contributed by atoms with Gasteiger partial charge in [-0.2, -0.15) is 0 Å². The number of esters is 1. The number of carbonyl (C=O) groups excluding carboxylic acids is 1. The fourth-order valence-corrected chi connectivity index (χ4v) is 9.66. The Bertz CT molecular complexity index is 691. The van der Waals surface area contributed by atoms with E-state index < -0.39 is 5.72 Å². The van der Waals surface area contributed by atoms with Crippen LogP contribution in [0.4, 0.5) is 0 Å². The van der Waals surface area contributed by atoms with Gasteiger partial charge in [-0.1, -0.05) is 53.9 Å². The largest absolute Gasteiger partial charge is 0.444 e. The molecule has 0 spiro atoms. The summed E-state index contributed by atoms with van der Waals surface area (Å²) in [6, 6.07) is 0. The molecule has 4 aliphatic rings. The van der Waals surface area contributed by atoms with E-state index >= 15 is 0 Å². The van der Waals surface area contributed by atoms with Gasteiger partial charge in [0.1, 0.15) is 0 Å². The smallest absolute Gasteiger partial charge is 0.304 e. The van der Waals surface area contributed by atoms with Crippen LogP contribution in [0, 0.1) is 52.3 Å². The lowest BCUT2D eigenvalue weighted by Gasteiger charge is -2.62. The summed E-state index contributed by atoms with van der Waals surface area (Å²) >= 11 is 0. The molecule has 3 heteroatoms. The highest BCUT2D eigenvalue weighted by atomic mass is 16.6. The number of rotatable bonds is 6. The van der Waals surface area contributed by atoms with Crippen molar-refractivity contribution in [1.82, 2.24) is 0 Å². The molecule has 4 fully saturated rings. The quantitative estimate of drug-likeness (QED) is 0.344. The van der Waals surface area contributed by atoms with Gasteiger partial charge >= 0.3 is 5.97 Å². The second-order valence-electron chi connectivity index (χ2n) is 13.5. The maximum Gasteiger partial charge on any atom is 0.304 e. The zero-order valence-electron chi connectivity index (χ0n) is 21.9. The fraction of sp³-hybridized carbons (Fsp3) is 0.966. The molecule has 0 saturated heterocycles. The Labute approximate surface area is 198 Å². The van der Waals surface area contributed by atoms with Gasteiger partial charge in [-0.15, -0.1) is 0 Å². The third-order valence-electron chi connectivity index (χ3n) is 11.3. The third-order valence-corrected chi connectivity index (χ3v) is 11.3. The first-order valence-corrected chi connectivity index (χ1v) is 14.0. The van der Waals surface area contributed by atoms with Gasteiger partial charge in [-0.05, 0) is 97.2 Å². The number of nitrogens with two attached hydrogens (primary N) is 1. The summed E-state index contributed by atoms with van der Waals surface area (Å²) in [5, 5.41) is 0. The van der Waals surface area contributed by atoms with Gasteiger partial charge in [-0.25, -0.2) is 0 Å². The molecule has 184 valence electrons. The highest BCUT2D eigenvalue weighted by Crippen LogP contribution is 2.68. The zero-order valence-corrected chi connectivity index (χ0v) is 21.9. The topological polar surface area (TPSA) is 52.3 Å². The molecule has 32 heavy (non-hydrogen) atoms. The zero-order chi connectivity index (χ0) is 23.3. The van der Waals surface area contributed by atoms with E-state index in [0.717, 1.165) is 54.8 Å². The molecule has 0 heterocycles. The molecule has 4 rings (SSSR count). The highest BCUT2D eigenvalue weighted by Gasteiger charge is 2.61. The third kappa shape index (κ3) is 4.29. The Morgan fingerprint density at radius 1 is 0.938 bits per heavy atom. The molecule has 4 saturated carbocycles. The van der Waals surface area contributed by atoms with Crippen LogP contribution in [0.5, 0.6) is 0 Å². The molecule has 0 radical (unpaired) electrons. The average molecular weight is 446 g/mol. The number of fused-ring (bicyclic) bond motifs is 5. The second kappa shape index (κ2) is 8.90. The molecule has 0 aromatic rings. The van der Waals surface area contributed by atoms with Gasteiger partial charge in [-0.3, -0.25) is 10.5 Å². The minimum absolute atomic E-state index is 0.224. The lowest BCUT2D eigenvalue weighted by atomic mass is 9.44. The van der Waals surface area contributed by atoms with Crippen molar-refractivity contribution in [2.45, 2.75) is 124 Å². The molecule has 0 aromatic carbocycles. The molecule has 3 nitrogen and oxygen atoms in total. The van der Waals surface area contributed by atoms with E-state index in [9.17, 15) is 4.79 Å². The maximum absolute atomic E-state index is 11.6. The Kier molecular flexibility index (Phi) is 6.83. The number of ether oxygens (including phenoxy) is 1. The van der Waals surface area contributed by atoms with Gasteiger partial charge in [0.15, 0.2) is 5.72 Å². The molecular formula is C29H51NO2. The van der Waals surface area contributed by atoms with Crippen LogP contribution in [0.1, 0.15) is 119 Å². The molecule has 9 atom stereocenters. The van der Waals surface area contributed by atoms with E-state index in [1.54, 1.807) is 0 Å². The molecule has 0 unspecified atom stereocenters. The number of hydrogen-bond acceptors (Lipinski definition) is 3. The standard InChI is InChI=1S/C29H51NO2/c1-19(2)8-7-9-20(3)24-12-13-25-23-11-10-22-18-29(30,32-21(4)31)17-16-27(22,5)26(23)14-15-28(24,25)6/h19-20,22-26H,7-18,30H2,1-6H3/t20-,22+,23+,24-,25+,26+,27+,28-,29+/m1/s1. The van der Waals surface area contributed by atoms with E-state index in [2.05, 4.69) is 34.6 Å². The highest BCUT2D eigenvalue weighted by molar-refractivity contribution is 5.66. The monoisotopic (exact) mass is 445 g/mol. The van der Waals surface area contributed by atoms with Gasteiger partial charge in [0.05, 0.1) is 0 Å². The first kappa shape index (κ1) is 24.6. The first-order chi connectivity index (χ1) is 15.0. The van der Waals surface area contributed by atoms with Gasteiger partial charge in [0.25, 0.3) is 0 Å². The van der Waals surface area contributed by atoms with Crippen molar-refractivity contribution in [2.75, 3.05) is 0 Å². The van der Waals surface area contributed by atoms with Crippen molar-refractivity contribution in [3.8, 4) is 0 Å². The summed E-state index contributed by atoms with van der Waals surface area (Å²) in [5.41, 5.74) is 6.79. The van der Waals surface area contributed by atoms with Crippen LogP contribution in [0.25, 0.3) is 0 Å². The molecule has 0 bridgehead atoms. The van der Waals surface area contributed by atoms with Crippen molar-refractivity contribution in [3.05, 3.63) is 0 Å². The van der Waals surface area contributed by atoms with Crippen molar-refractivity contribution < 1.29 is 9.53 Å². The van der Waals surface area contributed by atoms with Gasteiger partial charge < -0.3 is 4.74 Å². The molecule has 0 amide bonds. The van der Waals surface area contributed by atoms with Crippen LogP contribution >= 0.6 is 0 Å². The van der Waals surface area contributed by atoms with Crippen LogP contribution in [0.3, 0.4) is 0 Å². The van der Waals surface area contributed by atoms with Crippen molar-refractivity contribution >= 4 is 5.97 Å².